The molecule has 2 nitrogen and oxygen atoms in total. The first-order chi connectivity index (χ1) is 7.66. The maximum atomic E-state index is 3.81. The second-order valence-electron chi connectivity index (χ2n) is 6.12. The van der Waals surface area contributed by atoms with Crippen molar-refractivity contribution >= 4 is 0 Å². The Hall–Kier alpha value is -0.0800. The van der Waals surface area contributed by atoms with Crippen molar-refractivity contribution in [3.63, 3.8) is 0 Å². The number of hydrazine groups is 1. The summed E-state index contributed by atoms with van der Waals surface area (Å²) >= 11 is 0. The second-order valence-corrected chi connectivity index (χ2v) is 6.12. The second kappa shape index (κ2) is 5.50. The summed E-state index contributed by atoms with van der Waals surface area (Å²) in [4.78, 5) is 0. The van der Waals surface area contributed by atoms with Gasteiger partial charge in [-0.3, -0.25) is 5.43 Å². The summed E-state index contributed by atoms with van der Waals surface area (Å²) in [6, 6.07) is 2.20. The summed E-state index contributed by atoms with van der Waals surface area (Å²) in [6.07, 6.45) is 9.69. The van der Waals surface area contributed by atoms with Crippen LogP contribution >= 0.6 is 0 Å². The SMILES string of the molecule is CC1CCC(NN2C(C)CCCC2C)CC1. The van der Waals surface area contributed by atoms with Crippen LogP contribution in [-0.2, 0) is 0 Å². The minimum absolute atomic E-state index is 0.725. The fourth-order valence-corrected chi connectivity index (χ4v) is 3.28. The molecule has 94 valence electrons. The monoisotopic (exact) mass is 224 g/mol. The maximum absolute atomic E-state index is 3.81. The van der Waals surface area contributed by atoms with E-state index in [4.69, 9.17) is 0 Å². The Bertz CT molecular complexity index is 199. The lowest BCUT2D eigenvalue weighted by Crippen LogP contribution is -2.55. The lowest BCUT2D eigenvalue weighted by atomic mass is 9.87. The molecule has 0 radical (unpaired) electrons. The Balaban J connectivity index is 1.83. The Labute approximate surface area is 101 Å². The van der Waals surface area contributed by atoms with Crippen LogP contribution in [0.3, 0.4) is 0 Å². The minimum atomic E-state index is 0.725. The zero-order chi connectivity index (χ0) is 11.5. The molecule has 1 heterocycles. The van der Waals surface area contributed by atoms with Crippen molar-refractivity contribution in [3.05, 3.63) is 0 Å². The molecule has 16 heavy (non-hydrogen) atoms. The molecule has 0 spiro atoms. The molecule has 1 saturated carbocycles. The Morgan fingerprint density at radius 3 is 1.94 bits per heavy atom. The molecule has 1 aliphatic heterocycles. The third-order valence-electron chi connectivity index (χ3n) is 4.54. The molecule has 2 aliphatic rings. The van der Waals surface area contributed by atoms with E-state index in [2.05, 4.69) is 31.2 Å². The van der Waals surface area contributed by atoms with Crippen molar-refractivity contribution < 1.29 is 0 Å². The van der Waals surface area contributed by atoms with E-state index >= 15 is 0 Å². The van der Waals surface area contributed by atoms with Gasteiger partial charge in [0.25, 0.3) is 0 Å². The molecule has 0 amide bonds. The molecule has 0 aromatic carbocycles. The molecule has 2 atom stereocenters. The number of rotatable bonds is 2. The Kier molecular flexibility index (Phi) is 4.26. The van der Waals surface area contributed by atoms with Gasteiger partial charge in [-0.1, -0.05) is 13.3 Å². The molecule has 1 aliphatic carbocycles. The van der Waals surface area contributed by atoms with Gasteiger partial charge in [-0.25, -0.2) is 5.01 Å². The summed E-state index contributed by atoms with van der Waals surface area (Å²) in [5.74, 6) is 0.953. The van der Waals surface area contributed by atoms with Crippen molar-refractivity contribution in [2.45, 2.75) is 83.8 Å². The standard InChI is InChI=1S/C14H28N2/c1-11-7-9-14(10-8-11)15-16-12(2)5-4-6-13(16)3/h11-15H,4-10H2,1-3H3. The smallest absolute Gasteiger partial charge is 0.0218 e. The summed E-state index contributed by atoms with van der Waals surface area (Å²) in [5.41, 5.74) is 3.81. The van der Waals surface area contributed by atoms with E-state index < -0.39 is 0 Å². The minimum Gasteiger partial charge on any atom is -0.252 e. The van der Waals surface area contributed by atoms with Crippen LogP contribution in [0.15, 0.2) is 0 Å². The zero-order valence-electron chi connectivity index (χ0n) is 11.2. The summed E-state index contributed by atoms with van der Waals surface area (Å²) < 4.78 is 0. The Morgan fingerprint density at radius 2 is 1.38 bits per heavy atom. The molecule has 2 heteroatoms. The first-order valence-electron chi connectivity index (χ1n) is 7.21. The zero-order valence-corrected chi connectivity index (χ0v) is 11.2. The molecule has 0 bridgehead atoms. The molecule has 1 saturated heterocycles. The highest BCUT2D eigenvalue weighted by atomic mass is 15.5. The molecule has 2 rings (SSSR count). The fraction of sp³-hybridized carbons (Fsp3) is 1.00. The van der Waals surface area contributed by atoms with E-state index in [1.807, 2.05) is 0 Å². The lowest BCUT2D eigenvalue weighted by Gasteiger charge is -2.42. The molecule has 2 unspecified atom stereocenters. The fourth-order valence-electron chi connectivity index (χ4n) is 3.28. The van der Waals surface area contributed by atoms with E-state index in [-0.39, 0.29) is 0 Å². The molecule has 0 aromatic heterocycles. The van der Waals surface area contributed by atoms with Crippen LogP contribution in [0.4, 0.5) is 0 Å². The summed E-state index contributed by atoms with van der Waals surface area (Å²) in [7, 11) is 0. The van der Waals surface area contributed by atoms with Crippen LogP contribution in [0.2, 0.25) is 0 Å². The van der Waals surface area contributed by atoms with Crippen molar-refractivity contribution in [2.75, 3.05) is 0 Å². The largest absolute Gasteiger partial charge is 0.252 e. The summed E-state index contributed by atoms with van der Waals surface area (Å²) in [6.45, 7) is 7.13. The van der Waals surface area contributed by atoms with E-state index in [1.54, 1.807) is 0 Å². The molecule has 0 aromatic rings. The van der Waals surface area contributed by atoms with Gasteiger partial charge >= 0.3 is 0 Å². The van der Waals surface area contributed by atoms with E-state index in [0.29, 0.717) is 0 Å². The predicted molar refractivity (Wildman–Crippen MR) is 69.2 cm³/mol. The topological polar surface area (TPSA) is 15.3 Å². The summed E-state index contributed by atoms with van der Waals surface area (Å²) in [5, 5.41) is 2.55. The Morgan fingerprint density at radius 1 is 0.812 bits per heavy atom. The molecule has 2 fully saturated rings. The maximum Gasteiger partial charge on any atom is 0.0218 e. The molecular weight excluding hydrogens is 196 g/mol. The molecular formula is C14H28N2. The average Bonchev–Trinajstić information content (AvgIpc) is 2.26. The van der Waals surface area contributed by atoms with E-state index in [0.717, 1.165) is 24.0 Å². The highest BCUT2D eigenvalue weighted by Gasteiger charge is 2.27. The van der Waals surface area contributed by atoms with E-state index in [1.165, 1.54) is 44.9 Å². The third-order valence-corrected chi connectivity index (χ3v) is 4.54. The normalized spacial score (nSPS) is 42.2. The van der Waals surface area contributed by atoms with Crippen molar-refractivity contribution in [1.29, 1.82) is 0 Å². The number of nitrogens with one attached hydrogen (secondary N) is 1. The molecule has 1 N–H and O–H groups in total. The quantitative estimate of drug-likeness (QED) is 0.774. The van der Waals surface area contributed by atoms with Gasteiger partial charge in [-0.15, -0.1) is 0 Å². The average molecular weight is 224 g/mol. The van der Waals surface area contributed by atoms with Gasteiger partial charge in [0, 0.05) is 18.1 Å². The van der Waals surface area contributed by atoms with Gasteiger partial charge in [0.15, 0.2) is 0 Å². The van der Waals surface area contributed by atoms with Crippen LogP contribution in [0.1, 0.15) is 65.7 Å². The van der Waals surface area contributed by atoms with Crippen molar-refractivity contribution in [3.8, 4) is 0 Å². The van der Waals surface area contributed by atoms with Crippen LogP contribution < -0.4 is 5.43 Å². The van der Waals surface area contributed by atoms with E-state index in [9.17, 15) is 0 Å². The van der Waals surface area contributed by atoms with Gasteiger partial charge in [0.2, 0.25) is 0 Å². The third kappa shape index (κ3) is 2.98. The van der Waals surface area contributed by atoms with Crippen molar-refractivity contribution in [1.82, 2.24) is 10.4 Å². The van der Waals surface area contributed by atoms with Crippen LogP contribution in [0.25, 0.3) is 0 Å². The van der Waals surface area contributed by atoms with Gasteiger partial charge in [0.1, 0.15) is 0 Å². The van der Waals surface area contributed by atoms with Crippen molar-refractivity contribution in [2.24, 2.45) is 5.92 Å². The predicted octanol–water partition coefficient (Wildman–Crippen LogP) is 3.33. The number of hydrogen-bond acceptors (Lipinski definition) is 2. The van der Waals surface area contributed by atoms with Crippen LogP contribution in [0, 0.1) is 5.92 Å². The first-order valence-corrected chi connectivity index (χ1v) is 7.21. The van der Waals surface area contributed by atoms with Gasteiger partial charge < -0.3 is 0 Å². The number of piperidine rings is 1. The van der Waals surface area contributed by atoms with Gasteiger partial charge in [-0.2, -0.15) is 0 Å². The van der Waals surface area contributed by atoms with Gasteiger partial charge in [-0.05, 0) is 58.3 Å². The number of hydrogen-bond donors (Lipinski definition) is 1. The van der Waals surface area contributed by atoms with Crippen LogP contribution in [-0.4, -0.2) is 23.1 Å². The first kappa shape index (κ1) is 12.4. The van der Waals surface area contributed by atoms with Crippen LogP contribution in [0.5, 0.6) is 0 Å². The highest BCUT2D eigenvalue weighted by Crippen LogP contribution is 2.26. The van der Waals surface area contributed by atoms with Gasteiger partial charge in [0.05, 0.1) is 0 Å². The number of nitrogens with zero attached hydrogens (tertiary/aromatic N) is 1. The lowest BCUT2D eigenvalue weighted by molar-refractivity contribution is 0.0204. The highest BCUT2D eigenvalue weighted by molar-refractivity contribution is 4.81.